The van der Waals surface area contributed by atoms with Gasteiger partial charge in [-0.25, -0.2) is 0 Å². The first-order chi connectivity index (χ1) is 20.7. The van der Waals surface area contributed by atoms with Crippen molar-refractivity contribution >= 4 is 11.9 Å². The van der Waals surface area contributed by atoms with Crippen LogP contribution in [0.5, 0.6) is 0 Å². The van der Waals surface area contributed by atoms with Gasteiger partial charge in [-0.2, -0.15) is 0 Å². The van der Waals surface area contributed by atoms with Gasteiger partial charge in [-0.3, -0.25) is 9.59 Å². The smallest absolute Gasteiger partial charge is 0.311 e. The number of carbonyl (C=O) groups is 2. The van der Waals surface area contributed by atoms with Gasteiger partial charge in [0, 0.05) is 13.5 Å². The van der Waals surface area contributed by atoms with Crippen LogP contribution in [-0.4, -0.2) is 55.9 Å². The lowest BCUT2D eigenvalue weighted by Gasteiger charge is -2.45. The quantitative estimate of drug-likeness (QED) is 0.145. The molecule has 0 unspecified atom stereocenters. The first-order valence-corrected chi connectivity index (χ1v) is 15.6. The van der Waals surface area contributed by atoms with Crippen molar-refractivity contribution in [2.45, 2.75) is 117 Å². The maximum Gasteiger partial charge on any atom is 0.311 e. The van der Waals surface area contributed by atoms with Crippen molar-refractivity contribution in [1.29, 1.82) is 0 Å². The second-order valence-electron chi connectivity index (χ2n) is 12.1. The summed E-state index contributed by atoms with van der Waals surface area (Å²) in [5, 5.41) is 0. The Bertz CT molecular complexity index is 1070. The molecule has 0 saturated carbocycles. The van der Waals surface area contributed by atoms with Crippen LogP contribution < -0.4 is 0 Å². The third-order valence-corrected chi connectivity index (χ3v) is 7.23. The predicted octanol–water partition coefficient (Wildman–Crippen LogP) is 6.78. The Kier molecular flexibility index (Phi) is 14.6. The lowest BCUT2D eigenvalue weighted by atomic mass is 9.96. The summed E-state index contributed by atoms with van der Waals surface area (Å²) in [7, 11) is 0. The number of hydrogen-bond acceptors (Lipinski definition) is 8. The van der Waals surface area contributed by atoms with Gasteiger partial charge in [0.05, 0.1) is 18.6 Å². The molecule has 0 bridgehead atoms. The average molecular weight is 599 g/mol. The molecule has 5 atom stereocenters. The van der Waals surface area contributed by atoms with E-state index in [2.05, 4.69) is 6.92 Å². The van der Waals surface area contributed by atoms with Gasteiger partial charge in [0.15, 0.2) is 12.4 Å². The summed E-state index contributed by atoms with van der Waals surface area (Å²) in [5.74, 6) is -0.845. The summed E-state index contributed by atoms with van der Waals surface area (Å²) in [6.45, 7) is 9.81. The lowest BCUT2D eigenvalue weighted by molar-refractivity contribution is -0.321. The molecule has 1 fully saturated rings. The highest BCUT2D eigenvalue weighted by Crippen LogP contribution is 2.31. The van der Waals surface area contributed by atoms with Crippen LogP contribution in [0.15, 0.2) is 60.7 Å². The Hall–Kier alpha value is -2.78. The molecule has 238 valence electrons. The van der Waals surface area contributed by atoms with Crippen molar-refractivity contribution in [3.63, 3.8) is 0 Å². The summed E-state index contributed by atoms with van der Waals surface area (Å²) < 4.78 is 37.2. The van der Waals surface area contributed by atoms with E-state index in [9.17, 15) is 9.59 Å². The molecule has 8 heteroatoms. The molecule has 1 aliphatic rings. The summed E-state index contributed by atoms with van der Waals surface area (Å²) in [6.07, 6.45) is 2.63. The van der Waals surface area contributed by atoms with E-state index < -0.39 is 42.1 Å². The maximum atomic E-state index is 12.7. The standard InChI is InChI=1S/C35H50O8/c1-6-7-8-9-10-17-22-38-33-32(40-24-28-20-15-12-16-21-28)31(42-26(2)36)30(39-23-27-18-13-11-14-19-27)29(43-33)25-41-34(37)35(3,4)5/h11-16,18-21,29-33H,6-10,17,22-25H2,1-5H3/t29-,30+,31+,32-,33+/m1/s1. The first kappa shape index (κ1) is 34.7. The molecule has 1 heterocycles. The van der Waals surface area contributed by atoms with E-state index in [0.717, 1.165) is 30.4 Å². The molecule has 0 aliphatic carbocycles. The van der Waals surface area contributed by atoms with Gasteiger partial charge in [-0.1, -0.05) is 99.7 Å². The zero-order chi connectivity index (χ0) is 31.1. The van der Waals surface area contributed by atoms with Crippen LogP contribution in [0.2, 0.25) is 0 Å². The van der Waals surface area contributed by atoms with Gasteiger partial charge in [-0.15, -0.1) is 0 Å². The third-order valence-electron chi connectivity index (χ3n) is 7.23. The monoisotopic (exact) mass is 598 g/mol. The van der Waals surface area contributed by atoms with Crippen LogP contribution in [0.1, 0.15) is 84.3 Å². The highest BCUT2D eigenvalue weighted by Gasteiger charge is 2.50. The van der Waals surface area contributed by atoms with E-state index in [1.807, 2.05) is 60.7 Å². The van der Waals surface area contributed by atoms with Gasteiger partial charge in [-0.05, 0) is 38.3 Å². The van der Waals surface area contributed by atoms with Crippen molar-refractivity contribution in [2.24, 2.45) is 5.41 Å². The molecule has 1 aliphatic heterocycles. The fraction of sp³-hybridized carbons (Fsp3) is 0.600. The molecule has 3 rings (SSSR count). The molecule has 0 spiro atoms. The highest BCUT2D eigenvalue weighted by molar-refractivity contribution is 5.75. The molecule has 0 aromatic heterocycles. The minimum Gasteiger partial charge on any atom is -0.462 e. The number of rotatable bonds is 17. The third kappa shape index (κ3) is 12.0. The Balaban J connectivity index is 1.85. The van der Waals surface area contributed by atoms with E-state index in [1.165, 1.54) is 26.2 Å². The molecule has 2 aromatic carbocycles. The van der Waals surface area contributed by atoms with Crippen LogP contribution in [0.25, 0.3) is 0 Å². The summed E-state index contributed by atoms with van der Waals surface area (Å²) in [5.41, 5.74) is 1.21. The molecular formula is C35H50O8. The first-order valence-electron chi connectivity index (χ1n) is 15.6. The van der Waals surface area contributed by atoms with Crippen molar-refractivity contribution < 1.29 is 38.0 Å². The van der Waals surface area contributed by atoms with Crippen molar-refractivity contribution in [2.75, 3.05) is 13.2 Å². The van der Waals surface area contributed by atoms with E-state index >= 15 is 0 Å². The van der Waals surface area contributed by atoms with Gasteiger partial charge >= 0.3 is 11.9 Å². The number of ether oxygens (including phenoxy) is 6. The zero-order valence-electron chi connectivity index (χ0n) is 26.5. The minimum atomic E-state index is -0.869. The Morgan fingerprint density at radius 3 is 1.86 bits per heavy atom. The fourth-order valence-corrected chi connectivity index (χ4v) is 4.84. The van der Waals surface area contributed by atoms with E-state index in [1.54, 1.807) is 20.8 Å². The Morgan fingerprint density at radius 2 is 1.30 bits per heavy atom. The zero-order valence-corrected chi connectivity index (χ0v) is 26.5. The summed E-state index contributed by atoms with van der Waals surface area (Å²) >= 11 is 0. The van der Waals surface area contributed by atoms with Crippen LogP contribution in [-0.2, 0) is 51.2 Å². The molecule has 2 aromatic rings. The lowest BCUT2D eigenvalue weighted by Crippen LogP contribution is -2.62. The summed E-state index contributed by atoms with van der Waals surface area (Å²) in [6, 6.07) is 19.5. The second kappa shape index (κ2) is 18.1. The predicted molar refractivity (Wildman–Crippen MR) is 164 cm³/mol. The topological polar surface area (TPSA) is 89.5 Å². The Labute approximate surface area is 257 Å². The van der Waals surface area contributed by atoms with Crippen LogP contribution in [0.3, 0.4) is 0 Å². The average Bonchev–Trinajstić information content (AvgIpc) is 2.98. The number of esters is 2. The van der Waals surface area contributed by atoms with Crippen molar-refractivity contribution in [3.05, 3.63) is 71.8 Å². The van der Waals surface area contributed by atoms with Gasteiger partial charge < -0.3 is 28.4 Å². The molecule has 0 amide bonds. The van der Waals surface area contributed by atoms with Crippen LogP contribution in [0.4, 0.5) is 0 Å². The van der Waals surface area contributed by atoms with Crippen molar-refractivity contribution in [1.82, 2.24) is 0 Å². The number of carbonyl (C=O) groups excluding carboxylic acids is 2. The minimum absolute atomic E-state index is 0.0877. The van der Waals surface area contributed by atoms with Gasteiger partial charge in [0.25, 0.3) is 0 Å². The van der Waals surface area contributed by atoms with Crippen LogP contribution in [0, 0.1) is 5.41 Å². The highest BCUT2D eigenvalue weighted by atomic mass is 16.7. The number of unbranched alkanes of at least 4 members (excludes halogenated alkanes) is 5. The molecule has 43 heavy (non-hydrogen) atoms. The van der Waals surface area contributed by atoms with Gasteiger partial charge in [0.2, 0.25) is 0 Å². The largest absolute Gasteiger partial charge is 0.462 e. The SMILES string of the molecule is CCCCCCCCO[C@H]1O[C@H](COC(=O)C(C)(C)C)[C@H](OCc2ccccc2)[C@H](OC(C)=O)[C@H]1OCc1ccccc1. The molecule has 8 nitrogen and oxygen atoms in total. The van der Waals surface area contributed by atoms with E-state index in [4.69, 9.17) is 28.4 Å². The maximum absolute atomic E-state index is 12.7. The Morgan fingerprint density at radius 1 is 0.744 bits per heavy atom. The second-order valence-corrected chi connectivity index (χ2v) is 12.1. The normalized spacial score (nSPS) is 22.2. The van der Waals surface area contributed by atoms with Crippen LogP contribution >= 0.6 is 0 Å². The van der Waals surface area contributed by atoms with E-state index in [0.29, 0.717) is 6.61 Å². The molecule has 0 N–H and O–H groups in total. The van der Waals surface area contributed by atoms with Gasteiger partial charge in [0.1, 0.15) is 24.9 Å². The number of benzene rings is 2. The van der Waals surface area contributed by atoms with Crippen molar-refractivity contribution in [3.8, 4) is 0 Å². The number of hydrogen-bond donors (Lipinski definition) is 0. The summed E-state index contributed by atoms with van der Waals surface area (Å²) in [4.78, 5) is 25.2. The molecule has 1 saturated heterocycles. The fourth-order valence-electron chi connectivity index (χ4n) is 4.84. The molecular weight excluding hydrogens is 548 g/mol. The van der Waals surface area contributed by atoms with E-state index in [-0.39, 0.29) is 25.8 Å². The molecule has 0 radical (unpaired) electrons.